The third-order valence-corrected chi connectivity index (χ3v) is 3.16. The molecule has 2 aromatic rings. The molecule has 0 amide bonds. The monoisotopic (exact) mass is 348 g/mol. The highest BCUT2D eigenvalue weighted by Gasteiger charge is 2.10. The lowest BCUT2D eigenvalue weighted by Crippen LogP contribution is -2.12. The molecule has 0 aliphatic heterocycles. The number of ether oxygens (including phenoxy) is 2. The van der Waals surface area contributed by atoms with Gasteiger partial charge in [0.1, 0.15) is 0 Å². The topological polar surface area (TPSA) is 52.6 Å². The van der Waals surface area contributed by atoms with E-state index >= 15 is 0 Å². The van der Waals surface area contributed by atoms with Gasteiger partial charge >= 0.3 is 5.97 Å². The fourth-order valence-electron chi connectivity index (χ4n) is 1.67. The Hall–Kier alpha value is -2.14. The minimum atomic E-state index is -0.440. The summed E-state index contributed by atoms with van der Waals surface area (Å²) < 4.78 is 11.4. The normalized spacial score (nSPS) is 10.0. The summed E-state index contributed by atoms with van der Waals surface area (Å²) in [5.74, 6) is 0.0668. The summed E-state index contributed by atoms with van der Waals surface area (Å²) in [5.41, 5.74) is 0.558. The fraction of sp³-hybridized carbons (Fsp3) is 0.125. The smallest absolute Gasteiger partial charge is 0.308 e. The number of carbonyl (C=O) groups is 2. The molecule has 0 unspecified atom stereocenters. The van der Waals surface area contributed by atoms with E-state index < -0.39 is 5.97 Å². The van der Waals surface area contributed by atoms with Gasteiger partial charge in [-0.3, -0.25) is 9.59 Å². The summed E-state index contributed by atoms with van der Waals surface area (Å²) in [6.45, 7) is 1.18. The Kier molecular flexibility index (Phi) is 5.11. The molecule has 0 heterocycles. The molecule has 108 valence electrons. The number of halogens is 1. The maximum atomic E-state index is 12.0. The van der Waals surface area contributed by atoms with Crippen LogP contribution < -0.4 is 9.47 Å². The molecule has 21 heavy (non-hydrogen) atoms. The van der Waals surface area contributed by atoms with E-state index in [1.807, 2.05) is 0 Å². The highest BCUT2D eigenvalue weighted by Crippen LogP contribution is 2.26. The van der Waals surface area contributed by atoms with Gasteiger partial charge in [0, 0.05) is 17.0 Å². The van der Waals surface area contributed by atoms with E-state index in [1.54, 1.807) is 48.5 Å². The second-order valence-corrected chi connectivity index (χ2v) is 5.17. The van der Waals surface area contributed by atoms with Crippen molar-refractivity contribution in [1.82, 2.24) is 0 Å². The lowest BCUT2D eigenvalue weighted by Gasteiger charge is -2.10. The standard InChI is InChI=1S/C16H13BrO4/c1-11(18)21-16-5-3-2-4-15(16)20-10-14(19)12-6-8-13(17)9-7-12/h2-9H,10H2,1H3. The van der Waals surface area contributed by atoms with Crippen molar-refractivity contribution in [2.75, 3.05) is 6.61 Å². The van der Waals surface area contributed by atoms with Gasteiger partial charge in [-0.25, -0.2) is 0 Å². The van der Waals surface area contributed by atoms with Gasteiger partial charge in [-0.15, -0.1) is 0 Å². The molecule has 0 radical (unpaired) electrons. The molecule has 0 aliphatic carbocycles. The summed E-state index contributed by atoms with van der Waals surface area (Å²) >= 11 is 3.31. The minimum absolute atomic E-state index is 0.125. The lowest BCUT2D eigenvalue weighted by molar-refractivity contribution is -0.132. The molecule has 0 aromatic heterocycles. The molecule has 0 bridgehead atoms. The first-order valence-corrected chi connectivity index (χ1v) is 7.04. The summed E-state index contributed by atoms with van der Waals surface area (Å²) in [7, 11) is 0. The van der Waals surface area contributed by atoms with E-state index in [0.29, 0.717) is 17.1 Å². The number of ketones is 1. The van der Waals surface area contributed by atoms with Gasteiger partial charge in [-0.1, -0.05) is 40.2 Å². The first-order valence-electron chi connectivity index (χ1n) is 6.25. The maximum absolute atomic E-state index is 12.0. The average molecular weight is 349 g/mol. The van der Waals surface area contributed by atoms with Crippen molar-refractivity contribution < 1.29 is 19.1 Å². The van der Waals surface area contributed by atoms with Crippen molar-refractivity contribution in [1.29, 1.82) is 0 Å². The third kappa shape index (κ3) is 4.43. The van der Waals surface area contributed by atoms with Crippen LogP contribution in [-0.2, 0) is 4.79 Å². The van der Waals surface area contributed by atoms with E-state index in [0.717, 1.165) is 4.47 Å². The summed E-state index contributed by atoms with van der Waals surface area (Å²) in [6, 6.07) is 13.7. The van der Waals surface area contributed by atoms with Crippen LogP contribution in [0.2, 0.25) is 0 Å². The Bertz CT molecular complexity index is 650. The van der Waals surface area contributed by atoms with Crippen molar-refractivity contribution >= 4 is 27.7 Å². The van der Waals surface area contributed by atoms with Gasteiger partial charge in [0.2, 0.25) is 0 Å². The number of benzene rings is 2. The zero-order chi connectivity index (χ0) is 15.2. The summed E-state index contributed by atoms with van der Waals surface area (Å²) in [6.07, 6.45) is 0. The Balaban J connectivity index is 2.04. The summed E-state index contributed by atoms with van der Waals surface area (Å²) in [4.78, 5) is 23.0. The largest absolute Gasteiger partial charge is 0.482 e. The van der Waals surface area contributed by atoms with Gasteiger partial charge in [-0.2, -0.15) is 0 Å². The Morgan fingerprint density at radius 3 is 2.24 bits per heavy atom. The second-order valence-electron chi connectivity index (χ2n) is 4.26. The van der Waals surface area contributed by atoms with E-state index in [9.17, 15) is 9.59 Å². The van der Waals surface area contributed by atoms with Crippen LogP contribution in [0.25, 0.3) is 0 Å². The first-order chi connectivity index (χ1) is 10.1. The van der Waals surface area contributed by atoms with E-state index in [2.05, 4.69) is 15.9 Å². The molecule has 2 rings (SSSR count). The SMILES string of the molecule is CC(=O)Oc1ccccc1OCC(=O)c1ccc(Br)cc1. The maximum Gasteiger partial charge on any atom is 0.308 e. The Morgan fingerprint density at radius 2 is 1.62 bits per heavy atom. The van der Waals surface area contributed by atoms with Crippen LogP contribution >= 0.6 is 15.9 Å². The van der Waals surface area contributed by atoms with E-state index in [-0.39, 0.29) is 12.4 Å². The van der Waals surface area contributed by atoms with Crippen LogP contribution in [0.4, 0.5) is 0 Å². The predicted octanol–water partition coefficient (Wildman–Crippen LogP) is 3.64. The van der Waals surface area contributed by atoms with Crippen LogP contribution in [-0.4, -0.2) is 18.4 Å². The van der Waals surface area contributed by atoms with Crippen molar-refractivity contribution in [3.05, 3.63) is 58.6 Å². The zero-order valence-electron chi connectivity index (χ0n) is 11.3. The van der Waals surface area contributed by atoms with E-state index in [4.69, 9.17) is 9.47 Å². The number of esters is 1. The number of carbonyl (C=O) groups excluding carboxylic acids is 2. The van der Waals surface area contributed by atoms with Crippen molar-refractivity contribution in [2.24, 2.45) is 0 Å². The number of hydrogen-bond acceptors (Lipinski definition) is 4. The lowest BCUT2D eigenvalue weighted by atomic mass is 10.1. The minimum Gasteiger partial charge on any atom is -0.482 e. The van der Waals surface area contributed by atoms with Gasteiger partial charge in [0.25, 0.3) is 0 Å². The molecule has 0 atom stereocenters. The first kappa shape index (κ1) is 15.3. The molecule has 0 N–H and O–H groups in total. The molecule has 0 saturated carbocycles. The van der Waals surface area contributed by atoms with Crippen molar-refractivity contribution in [2.45, 2.75) is 6.92 Å². The quantitative estimate of drug-likeness (QED) is 0.470. The molecular weight excluding hydrogens is 336 g/mol. The molecule has 0 fully saturated rings. The van der Waals surface area contributed by atoms with Gasteiger partial charge < -0.3 is 9.47 Å². The van der Waals surface area contributed by atoms with Crippen LogP contribution in [0, 0.1) is 0 Å². The Labute approximate surface area is 130 Å². The van der Waals surface area contributed by atoms with Crippen LogP contribution in [0.15, 0.2) is 53.0 Å². The highest BCUT2D eigenvalue weighted by atomic mass is 79.9. The fourth-order valence-corrected chi connectivity index (χ4v) is 1.94. The molecule has 4 nitrogen and oxygen atoms in total. The second kappa shape index (κ2) is 7.04. The molecule has 0 saturated heterocycles. The Morgan fingerprint density at radius 1 is 1.00 bits per heavy atom. The van der Waals surface area contributed by atoms with Crippen LogP contribution in [0.3, 0.4) is 0 Å². The van der Waals surface area contributed by atoms with Crippen molar-refractivity contribution in [3.63, 3.8) is 0 Å². The van der Waals surface area contributed by atoms with Crippen LogP contribution in [0.5, 0.6) is 11.5 Å². The third-order valence-electron chi connectivity index (χ3n) is 2.63. The molecule has 5 heteroatoms. The number of rotatable bonds is 5. The molecule has 0 aliphatic rings. The number of hydrogen-bond donors (Lipinski definition) is 0. The van der Waals surface area contributed by atoms with Crippen molar-refractivity contribution in [3.8, 4) is 11.5 Å². The molecule has 0 spiro atoms. The van der Waals surface area contributed by atoms with Crippen LogP contribution in [0.1, 0.15) is 17.3 Å². The summed E-state index contributed by atoms with van der Waals surface area (Å²) in [5, 5.41) is 0. The highest BCUT2D eigenvalue weighted by molar-refractivity contribution is 9.10. The number of para-hydroxylation sites is 2. The predicted molar refractivity (Wildman–Crippen MR) is 81.7 cm³/mol. The molecule has 2 aromatic carbocycles. The van der Waals surface area contributed by atoms with Gasteiger partial charge in [0.05, 0.1) is 0 Å². The number of Topliss-reactive ketones (excluding diaryl/α,β-unsaturated/α-hetero) is 1. The zero-order valence-corrected chi connectivity index (χ0v) is 12.9. The van der Waals surface area contributed by atoms with Gasteiger partial charge in [0.15, 0.2) is 23.9 Å². The molecular formula is C16H13BrO4. The van der Waals surface area contributed by atoms with E-state index in [1.165, 1.54) is 6.92 Å². The average Bonchev–Trinajstić information content (AvgIpc) is 2.46. The van der Waals surface area contributed by atoms with Gasteiger partial charge in [-0.05, 0) is 24.3 Å².